The van der Waals surface area contributed by atoms with Crippen LogP contribution in [0.1, 0.15) is 47.4 Å². The van der Waals surface area contributed by atoms with Gasteiger partial charge in [0.25, 0.3) is 0 Å². The molecule has 1 aliphatic carbocycles. The second kappa shape index (κ2) is 12.7. The second-order valence-electron chi connectivity index (χ2n) is 9.03. The molecular formula is C24H31IN4O6S2. The number of benzene rings is 1. The average Bonchev–Trinajstić information content (AvgIpc) is 3.30. The summed E-state index contributed by atoms with van der Waals surface area (Å²) in [6, 6.07) is 7.40. The SMILES string of the molecule is COc1cccc(CNC(=O)c2[nH]c(=O)c3c(CO[I-]C4CCC(CNS(C)(=O)=O)CC4)csc3[nH+]2)c1. The zero-order chi connectivity index (χ0) is 26.4. The zero-order valence-corrected chi connectivity index (χ0v) is 24.4. The van der Waals surface area contributed by atoms with E-state index >= 15 is 0 Å². The fourth-order valence-electron chi connectivity index (χ4n) is 4.19. The van der Waals surface area contributed by atoms with Gasteiger partial charge in [-0.15, -0.1) is 0 Å². The summed E-state index contributed by atoms with van der Waals surface area (Å²) in [4.78, 5) is 31.8. The van der Waals surface area contributed by atoms with Crippen molar-refractivity contribution in [3.05, 3.63) is 57.0 Å². The Balaban J connectivity index is 1.29. The molecule has 4 N–H and O–H groups in total. The molecule has 202 valence electrons. The van der Waals surface area contributed by atoms with E-state index in [-0.39, 0.29) is 11.4 Å². The minimum absolute atomic E-state index is 0.101. The van der Waals surface area contributed by atoms with Gasteiger partial charge >= 0.3 is 202 Å². The first-order chi connectivity index (χ1) is 17.7. The van der Waals surface area contributed by atoms with Crippen LogP contribution in [0.25, 0.3) is 10.2 Å². The van der Waals surface area contributed by atoms with Gasteiger partial charge in [-0.3, -0.25) is 0 Å². The quantitative estimate of drug-likeness (QED) is 0.177. The Kier molecular flexibility index (Phi) is 9.56. The van der Waals surface area contributed by atoms with Crippen molar-refractivity contribution < 1.29 is 47.6 Å². The molecule has 4 rings (SSSR count). The molecular weight excluding hydrogens is 631 g/mol. The fourth-order valence-corrected chi connectivity index (χ4v) is 7.93. The van der Waals surface area contributed by atoms with Crippen molar-refractivity contribution in [2.75, 3.05) is 19.9 Å². The third kappa shape index (κ3) is 7.96. The van der Waals surface area contributed by atoms with Gasteiger partial charge in [0.15, 0.2) is 0 Å². The van der Waals surface area contributed by atoms with Crippen LogP contribution >= 0.6 is 11.3 Å². The van der Waals surface area contributed by atoms with E-state index in [1.807, 2.05) is 29.6 Å². The van der Waals surface area contributed by atoms with Gasteiger partial charge in [0.1, 0.15) is 5.75 Å². The first-order valence-corrected chi connectivity index (χ1v) is 16.8. The predicted octanol–water partition coefficient (Wildman–Crippen LogP) is -1.03. The number of thiophene rings is 1. The number of halogens is 1. The van der Waals surface area contributed by atoms with Crippen LogP contribution in [-0.2, 0) is 26.2 Å². The molecule has 1 fully saturated rings. The number of aromatic amines is 2. The molecule has 10 nitrogen and oxygen atoms in total. The van der Waals surface area contributed by atoms with Crippen molar-refractivity contribution in [1.29, 1.82) is 0 Å². The van der Waals surface area contributed by atoms with Crippen LogP contribution in [0.2, 0.25) is 0 Å². The van der Waals surface area contributed by atoms with E-state index in [1.54, 1.807) is 7.11 Å². The molecule has 1 aromatic carbocycles. The number of hydrogen-bond donors (Lipinski definition) is 3. The Morgan fingerprint density at radius 1 is 1.27 bits per heavy atom. The summed E-state index contributed by atoms with van der Waals surface area (Å²) < 4.78 is 37.0. The van der Waals surface area contributed by atoms with E-state index in [4.69, 9.17) is 7.80 Å². The second-order valence-corrected chi connectivity index (χ2v) is 14.6. The Bertz CT molecular complexity index is 1400. The summed E-state index contributed by atoms with van der Waals surface area (Å²) >= 11 is 0.877. The summed E-state index contributed by atoms with van der Waals surface area (Å²) in [6.45, 7) is 1.17. The van der Waals surface area contributed by atoms with Gasteiger partial charge in [-0.2, -0.15) is 0 Å². The van der Waals surface area contributed by atoms with Crippen LogP contribution in [0, 0.1) is 5.92 Å². The summed E-state index contributed by atoms with van der Waals surface area (Å²) in [6.07, 6.45) is 5.25. The van der Waals surface area contributed by atoms with Gasteiger partial charge in [0, 0.05) is 0 Å². The molecule has 0 aliphatic heterocycles. The van der Waals surface area contributed by atoms with Gasteiger partial charge in [0.05, 0.1) is 7.11 Å². The molecule has 2 aromatic heterocycles. The van der Waals surface area contributed by atoms with Gasteiger partial charge in [-0.05, 0) is 6.07 Å². The number of sulfonamides is 1. The number of H-pyrrole nitrogens is 2. The van der Waals surface area contributed by atoms with E-state index < -0.39 is 37.6 Å². The number of methoxy groups -OCH3 is 1. The van der Waals surface area contributed by atoms with Gasteiger partial charge in [-0.1, -0.05) is 6.07 Å². The van der Waals surface area contributed by atoms with Gasteiger partial charge < -0.3 is 4.74 Å². The first-order valence-electron chi connectivity index (χ1n) is 11.9. The number of fused-ring (bicyclic) bond motifs is 1. The average molecular weight is 663 g/mol. The minimum atomic E-state index is -3.15. The van der Waals surface area contributed by atoms with E-state index in [0.29, 0.717) is 45.5 Å². The number of nitrogens with one attached hydrogen (secondary N) is 4. The maximum absolute atomic E-state index is 12.8. The number of amides is 1. The van der Waals surface area contributed by atoms with E-state index in [1.165, 1.54) is 17.6 Å². The molecule has 0 bridgehead atoms. The molecule has 13 heteroatoms. The van der Waals surface area contributed by atoms with Crippen LogP contribution in [0.3, 0.4) is 0 Å². The normalized spacial score (nSPS) is 18.2. The van der Waals surface area contributed by atoms with Crippen LogP contribution in [0.4, 0.5) is 0 Å². The number of alkyl halides is 1. The van der Waals surface area contributed by atoms with Gasteiger partial charge in [0.2, 0.25) is 0 Å². The summed E-state index contributed by atoms with van der Waals surface area (Å²) in [7, 11) is -1.56. The van der Waals surface area contributed by atoms with Crippen LogP contribution < -0.4 is 46.9 Å². The van der Waals surface area contributed by atoms with Crippen LogP contribution in [0.15, 0.2) is 34.4 Å². The standard InChI is InChI=1S/C24H30IN4O6S2/c1-34-19-5-3-4-16(10-19)11-26-23(31)21-28-22(30)20-17(14-36-24(20)29-21)13-35-25-18-8-6-15(7-9-18)12-27-37(2,32)33/h3-5,10,14-15,18,27H,6-9,11-13H2,1-2H3,(H,26,31)(H,28,29,30)/q-1/p+1. The van der Waals surface area contributed by atoms with Gasteiger partial charge in [-0.25, -0.2) is 0 Å². The third-order valence-corrected chi connectivity index (χ3v) is 10.5. The van der Waals surface area contributed by atoms with Crippen molar-refractivity contribution in [2.45, 2.75) is 42.8 Å². The molecule has 0 atom stereocenters. The Labute approximate surface area is 230 Å². The molecule has 0 unspecified atom stereocenters. The number of aromatic nitrogens is 2. The summed E-state index contributed by atoms with van der Waals surface area (Å²) in [5.74, 6) is 0.788. The molecule has 0 saturated heterocycles. The topological polar surface area (TPSA) is 141 Å². The van der Waals surface area contributed by atoms with Crippen LogP contribution in [-0.4, -0.2) is 43.1 Å². The Morgan fingerprint density at radius 2 is 2.05 bits per heavy atom. The Morgan fingerprint density at radius 3 is 2.78 bits per heavy atom. The maximum atomic E-state index is 12.8. The molecule has 37 heavy (non-hydrogen) atoms. The Hall–Kier alpha value is -2.07. The molecule has 0 spiro atoms. The number of ether oxygens (including phenoxy) is 1. The molecule has 3 aromatic rings. The number of carbonyl (C=O) groups is 1. The monoisotopic (exact) mass is 662 g/mol. The van der Waals surface area contributed by atoms with E-state index in [0.717, 1.165) is 36.8 Å². The van der Waals surface area contributed by atoms with Crippen molar-refractivity contribution >= 4 is 37.5 Å². The molecule has 2 heterocycles. The van der Waals surface area contributed by atoms with Crippen molar-refractivity contribution in [1.82, 2.24) is 15.0 Å². The van der Waals surface area contributed by atoms with E-state index in [2.05, 4.69) is 20.0 Å². The molecule has 1 amide bonds. The fraction of sp³-hybridized carbons (Fsp3) is 0.458. The van der Waals surface area contributed by atoms with Crippen molar-refractivity contribution in [2.24, 2.45) is 5.92 Å². The first kappa shape index (κ1) is 28.0. The van der Waals surface area contributed by atoms with Crippen LogP contribution in [0.5, 0.6) is 5.75 Å². The van der Waals surface area contributed by atoms with Crippen molar-refractivity contribution in [3.8, 4) is 5.75 Å². The molecule has 0 radical (unpaired) electrons. The van der Waals surface area contributed by atoms with Crippen molar-refractivity contribution in [3.63, 3.8) is 0 Å². The molecule has 1 aliphatic rings. The number of carbonyl (C=O) groups excluding carboxylic acids is 1. The van der Waals surface area contributed by atoms with E-state index in [9.17, 15) is 18.0 Å². The number of hydrogen-bond acceptors (Lipinski definition) is 7. The summed E-state index contributed by atoms with van der Waals surface area (Å²) in [5.41, 5.74) is 1.37. The third-order valence-electron chi connectivity index (χ3n) is 6.20. The zero-order valence-electron chi connectivity index (χ0n) is 20.6. The predicted molar refractivity (Wildman–Crippen MR) is 137 cm³/mol. The molecule has 1 saturated carbocycles. The number of rotatable bonds is 11. The summed E-state index contributed by atoms with van der Waals surface area (Å²) in [5, 5.41) is 5.23.